The molecular weight excluding hydrogens is 456 g/mol. The molecule has 0 spiro atoms. The van der Waals surface area contributed by atoms with Crippen molar-refractivity contribution >= 4 is 0 Å². The van der Waals surface area contributed by atoms with E-state index < -0.39 is 53.1 Å². The van der Waals surface area contributed by atoms with E-state index in [2.05, 4.69) is 4.98 Å². The number of aromatic nitrogens is 2. The van der Waals surface area contributed by atoms with Crippen LogP contribution in [0.2, 0.25) is 0 Å². The number of pyridine rings is 1. The van der Waals surface area contributed by atoms with Crippen molar-refractivity contribution in [2.75, 3.05) is 13.2 Å². The highest BCUT2D eigenvalue weighted by atomic mass is 19.1. The lowest BCUT2D eigenvalue weighted by Gasteiger charge is -2.19. The Morgan fingerprint density at radius 3 is 2.26 bits per heavy atom. The lowest BCUT2D eigenvalue weighted by atomic mass is 9.93. The van der Waals surface area contributed by atoms with Gasteiger partial charge >= 0.3 is 0 Å². The van der Waals surface area contributed by atoms with Gasteiger partial charge in [-0.3, -0.25) is 9.36 Å². The number of aliphatic hydroxyl groups is 2. The largest absolute Gasteiger partial charge is 0.439 e. The van der Waals surface area contributed by atoms with Gasteiger partial charge in [0, 0.05) is 29.5 Å². The summed E-state index contributed by atoms with van der Waals surface area (Å²) in [5.41, 5.74) is -2.95. The van der Waals surface area contributed by atoms with Crippen LogP contribution in [0.1, 0.15) is 12.8 Å². The molecule has 0 aliphatic carbocycles. The molecule has 0 radical (unpaired) electrons. The molecular formula is C24H18F4N2O4. The maximum absolute atomic E-state index is 14.6. The molecule has 10 heteroatoms. The fraction of sp³-hybridized carbons (Fsp3) is 0.167. The van der Waals surface area contributed by atoms with E-state index in [1.807, 2.05) is 0 Å². The van der Waals surface area contributed by atoms with Crippen LogP contribution in [0.25, 0.3) is 28.3 Å². The van der Waals surface area contributed by atoms with Crippen LogP contribution >= 0.6 is 0 Å². The number of rotatable bonds is 6. The summed E-state index contributed by atoms with van der Waals surface area (Å²) < 4.78 is 63.4. The molecule has 0 fully saturated rings. The van der Waals surface area contributed by atoms with Crippen molar-refractivity contribution < 1.29 is 32.2 Å². The summed E-state index contributed by atoms with van der Waals surface area (Å²) >= 11 is 0. The Morgan fingerprint density at radius 2 is 1.65 bits per heavy atom. The zero-order chi connectivity index (χ0) is 24.6. The van der Waals surface area contributed by atoms with Gasteiger partial charge in [-0.05, 0) is 37.3 Å². The Morgan fingerprint density at radius 1 is 0.971 bits per heavy atom. The lowest BCUT2D eigenvalue weighted by Crippen LogP contribution is -2.31. The third-order valence-electron chi connectivity index (χ3n) is 5.38. The van der Waals surface area contributed by atoms with Crippen LogP contribution in [0.3, 0.4) is 0 Å². The molecule has 2 N–H and O–H groups in total. The second kappa shape index (κ2) is 8.88. The Balaban J connectivity index is 1.99. The normalized spacial score (nSPS) is 11.7. The van der Waals surface area contributed by atoms with Crippen LogP contribution in [0.5, 0.6) is 0 Å². The summed E-state index contributed by atoms with van der Waals surface area (Å²) in [6, 6.07) is 8.19. The SMILES string of the molecule is CC(CO)(CO)c1nc(-c2ccc(F)cc2F)c(-c2ccc(=O)n(-c3c(F)cccc3F)c2)o1. The summed E-state index contributed by atoms with van der Waals surface area (Å²) in [6.45, 7) is 0.298. The number of benzene rings is 2. The van der Waals surface area contributed by atoms with Crippen molar-refractivity contribution in [3.63, 3.8) is 0 Å². The minimum atomic E-state index is -1.37. The predicted molar refractivity (Wildman–Crippen MR) is 114 cm³/mol. The smallest absolute Gasteiger partial charge is 0.255 e. The number of hydrogen-bond acceptors (Lipinski definition) is 5. The topological polar surface area (TPSA) is 88.5 Å². The summed E-state index contributed by atoms with van der Waals surface area (Å²) in [6.07, 6.45) is 1.09. The third-order valence-corrected chi connectivity index (χ3v) is 5.38. The van der Waals surface area contributed by atoms with Gasteiger partial charge in [-0.2, -0.15) is 0 Å². The van der Waals surface area contributed by atoms with Crippen molar-refractivity contribution in [3.8, 4) is 28.3 Å². The van der Waals surface area contributed by atoms with Crippen LogP contribution in [-0.4, -0.2) is 33.0 Å². The van der Waals surface area contributed by atoms with E-state index in [1.165, 1.54) is 13.0 Å². The van der Waals surface area contributed by atoms with Gasteiger partial charge < -0.3 is 14.6 Å². The molecule has 0 atom stereocenters. The first-order valence-corrected chi connectivity index (χ1v) is 10.0. The van der Waals surface area contributed by atoms with Gasteiger partial charge in [0.1, 0.15) is 34.7 Å². The molecule has 2 aromatic carbocycles. The molecule has 34 heavy (non-hydrogen) atoms. The number of aliphatic hydroxyl groups excluding tert-OH is 2. The van der Waals surface area contributed by atoms with E-state index in [0.717, 1.165) is 47.2 Å². The van der Waals surface area contributed by atoms with Crippen molar-refractivity contribution in [1.82, 2.24) is 9.55 Å². The number of para-hydroxylation sites is 1. The highest BCUT2D eigenvalue weighted by Gasteiger charge is 2.33. The van der Waals surface area contributed by atoms with E-state index >= 15 is 0 Å². The Bertz CT molecular complexity index is 1410. The van der Waals surface area contributed by atoms with Crippen LogP contribution in [0.15, 0.2) is 63.9 Å². The average molecular weight is 474 g/mol. The first-order chi connectivity index (χ1) is 16.2. The molecule has 2 aromatic heterocycles. The van der Waals surface area contributed by atoms with Gasteiger partial charge in [-0.15, -0.1) is 0 Å². The summed E-state index contributed by atoms with van der Waals surface area (Å²) in [4.78, 5) is 16.7. The van der Waals surface area contributed by atoms with Crippen molar-refractivity contribution in [1.29, 1.82) is 0 Å². The number of oxazole rings is 1. The third kappa shape index (κ3) is 4.02. The molecule has 0 saturated carbocycles. The quantitative estimate of drug-likeness (QED) is 0.413. The monoisotopic (exact) mass is 474 g/mol. The van der Waals surface area contributed by atoms with E-state index in [-0.39, 0.29) is 28.5 Å². The summed E-state index contributed by atoms with van der Waals surface area (Å²) in [5.74, 6) is -4.07. The average Bonchev–Trinajstić information content (AvgIpc) is 3.25. The molecule has 176 valence electrons. The number of hydrogen-bond donors (Lipinski definition) is 2. The van der Waals surface area contributed by atoms with Gasteiger partial charge in [0.25, 0.3) is 5.56 Å². The van der Waals surface area contributed by atoms with Gasteiger partial charge in [0.2, 0.25) is 5.89 Å². The minimum absolute atomic E-state index is 0.0814. The maximum Gasteiger partial charge on any atom is 0.255 e. The molecule has 4 rings (SSSR count). The molecule has 2 heterocycles. The summed E-state index contributed by atoms with van der Waals surface area (Å²) in [7, 11) is 0. The van der Waals surface area contributed by atoms with E-state index in [0.29, 0.717) is 6.07 Å². The zero-order valence-corrected chi connectivity index (χ0v) is 17.7. The van der Waals surface area contributed by atoms with Crippen LogP contribution in [0.4, 0.5) is 17.6 Å². The van der Waals surface area contributed by atoms with Crippen LogP contribution in [-0.2, 0) is 5.41 Å². The highest BCUT2D eigenvalue weighted by molar-refractivity contribution is 5.77. The first kappa shape index (κ1) is 23.4. The molecule has 0 aliphatic rings. The van der Waals surface area contributed by atoms with Crippen molar-refractivity contribution in [2.45, 2.75) is 12.3 Å². The first-order valence-electron chi connectivity index (χ1n) is 10.0. The highest BCUT2D eigenvalue weighted by Crippen LogP contribution is 2.37. The molecule has 0 amide bonds. The molecule has 6 nitrogen and oxygen atoms in total. The van der Waals surface area contributed by atoms with Gasteiger partial charge in [0.15, 0.2) is 5.76 Å². The van der Waals surface area contributed by atoms with Crippen LogP contribution < -0.4 is 5.56 Å². The summed E-state index contributed by atoms with van der Waals surface area (Å²) in [5, 5.41) is 19.5. The second-order valence-electron chi connectivity index (χ2n) is 7.89. The number of nitrogens with zero attached hydrogens (tertiary/aromatic N) is 2. The van der Waals surface area contributed by atoms with E-state index in [9.17, 15) is 32.6 Å². The van der Waals surface area contributed by atoms with E-state index in [4.69, 9.17) is 4.42 Å². The predicted octanol–water partition coefficient (Wildman–Crippen LogP) is 3.96. The van der Waals surface area contributed by atoms with Crippen molar-refractivity contribution in [2.24, 2.45) is 0 Å². The fourth-order valence-corrected chi connectivity index (χ4v) is 3.34. The molecule has 0 saturated heterocycles. The minimum Gasteiger partial charge on any atom is -0.439 e. The van der Waals surface area contributed by atoms with E-state index in [1.54, 1.807) is 0 Å². The van der Waals surface area contributed by atoms with Crippen LogP contribution in [0, 0.1) is 23.3 Å². The molecule has 0 bridgehead atoms. The molecule has 0 unspecified atom stereocenters. The Hall–Kier alpha value is -3.76. The zero-order valence-electron chi connectivity index (χ0n) is 17.7. The Labute approximate surface area is 190 Å². The number of halogens is 4. The molecule has 0 aliphatic heterocycles. The maximum atomic E-state index is 14.6. The van der Waals surface area contributed by atoms with Gasteiger partial charge in [-0.25, -0.2) is 22.5 Å². The fourth-order valence-electron chi connectivity index (χ4n) is 3.34. The lowest BCUT2D eigenvalue weighted by molar-refractivity contribution is 0.109. The van der Waals surface area contributed by atoms with Gasteiger partial charge in [0.05, 0.1) is 18.6 Å². The van der Waals surface area contributed by atoms with Crippen molar-refractivity contribution in [3.05, 3.63) is 94.2 Å². The molecule has 4 aromatic rings. The Kier molecular flexibility index (Phi) is 6.11. The second-order valence-corrected chi connectivity index (χ2v) is 7.89. The van der Waals surface area contributed by atoms with Gasteiger partial charge in [-0.1, -0.05) is 6.07 Å². The standard InChI is InChI=1S/C24H18F4N2O4/c1-24(11-31,12-32)23-29-20(15-7-6-14(25)9-18(15)28)22(34-23)13-5-8-19(33)30(10-13)21-16(26)3-2-4-17(21)27/h2-10,31-32H,11-12H2,1H3.